The van der Waals surface area contributed by atoms with Crippen LogP contribution in [0.4, 0.5) is 5.69 Å². The van der Waals surface area contributed by atoms with E-state index in [0.29, 0.717) is 22.4 Å². The van der Waals surface area contributed by atoms with Gasteiger partial charge in [-0.15, -0.1) is 0 Å². The molecule has 2 amide bonds. The number of hydrogen-bond acceptors (Lipinski definition) is 4. The molecule has 26 heavy (non-hydrogen) atoms. The lowest BCUT2D eigenvalue weighted by molar-refractivity contribution is -0.122. The zero-order valence-corrected chi connectivity index (χ0v) is 15.5. The third-order valence-electron chi connectivity index (χ3n) is 4.22. The Morgan fingerprint density at radius 3 is 2.19 bits per heavy atom. The molecule has 3 rings (SSSR count). The van der Waals surface area contributed by atoms with Crippen LogP contribution >= 0.6 is 12.2 Å². The fourth-order valence-corrected chi connectivity index (χ4v) is 3.11. The average Bonchev–Trinajstić information content (AvgIpc) is 2.58. The summed E-state index contributed by atoms with van der Waals surface area (Å²) in [5.74, 6) is -0.813. The van der Waals surface area contributed by atoms with Gasteiger partial charge in [0.1, 0.15) is 11.3 Å². The number of amides is 2. The lowest BCUT2D eigenvalue weighted by Gasteiger charge is -2.29. The third kappa shape index (κ3) is 3.23. The molecule has 0 aliphatic carbocycles. The van der Waals surface area contributed by atoms with E-state index in [1.165, 1.54) is 11.0 Å². The van der Waals surface area contributed by atoms with Gasteiger partial charge in [-0.05, 0) is 80.0 Å². The van der Waals surface area contributed by atoms with Crippen molar-refractivity contribution in [2.75, 3.05) is 4.90 Å². The van der Waals surface area contributed by atoms with Crippen LogP contribution in [0.25, 0.3) is 6.08 Å². The highest BCUT2D eigenvalue weighted by atomic mass is 32.1. The zero-order chi connectivity index (χ0) is 19.0. The first kappa shape index (κ1) is 17.8. The van der Waals surface area contributed by atoms with Crippen LogP contribution < -0.4 is 10.2 Å². The molecule has 0 atom stereocenters. The number of nitrogens with one attached hydrogen (secondary N) is 1. The number of hydrogen-bond donors (Lipinski definition) is 2. The molecule has 1 aliphatic rings. The van der Waals surface area contributed by atoms with Crippen molar-refractivity contribution < 1.29 is 14.7 Å². The number of benzene rings is 2. The summed E-state index contributed by atoms with van der Waals surface area (Å²) in [4.78, 5) is 26.6. The van der Waals surface area contributed by atoms with Crippen LogP contribution in [0.5, 0.6) is 5.75 Å². The number of phenolic OH excluding ortho intramolecular Hbond substituents is 1. The van der Waals surface area contributed by atoms with Gasteiger partial charge in [0.15, 0.2) is 5.11 Å². The molecule has 6 heteroatoms. The number of nitrogens with zero attached hydrogens (tertiary/aromatic N) is 1. The smallest absolute Gasteiger partial charge is 0.270 e. The number of aryl methyl sites for hydroxylation is 3. The Bertz CT molecular complexity index is 939. The Hall–Kier alpha value is -2.99. The quantitative estimate of drug-likeness (QED) is 0.487. The summed E-state index contributed by atoms with van der Waals surface area (Å²) in [5.41, 5.74) is 3.64. The Morgan fingerprint density at radius 2 is 1.62 bits per heavy atom. The Labute approximate surface area is 156 Å². The number of thiocarbonyl (C=S) groups is 1. The van der Waals surface area contributed by atoms with E-state index in [2.05, 4.69) is 5.32 Å². The van der Waals surface area contributed by atoms with Crippen molar-refractivity contribution >= 4 is 40.9 Å². The molecule has 0 saturated carbocycles. The van der Waals surface area contributed by atoms with Crippen molar-refractivity contribution in [3.8, 4) is 5.75 Å². The van der Waals surface area contributed by atoms with Crippen LogP contribution in [0.3, 0.4) is 0 Å². The molecule has 2 N–H and O–H groups in total. The molecular weight excluding hydrogens is 348 g/mol. The van der Waals surface area contributed by atoms with E-state index in [1.807, 2.05) is 19.1 Å². The summed E-state index contributed by atoms with van der Waals surface area (Å²) in [6.07, 6.45) is 1.51. The molecule has 0 aromatic heterocycles. The first-order chi connectivity index (χ1) is 12.3. The predicted octanol–water partition coefficient (Wildman–Crippen LogP) is 3.15. The monoisotopic (exact) mass is 366 g/mol. The highest BCUT2D eigenvalue weighted by molar-refractivity contribution is 7.80. The first-order valence-corrected chi connectivity index (χ1v) is 8.47. The van der Waals surface area contributed by atoms with E-state index in [-0.39, 0.29) is 16.4 Å². The standard InChI is InChI=1S/C20H18N2O3S/c1-11-4-6-15(7-5-11)22-19(25)16(18(24)21-20(22)26)10-14-8-12(2)17(23)13(3)9-14/h4-10,23H,1-3H3,(H,21,24,26). The van der Waals surface area contributed by atoms with Gasteiger partial charge in [0, 0.05) is 0 Å². The molecule has 0 radical (unpaired) electrons. The molecular formula is C20H18N2O3S. The number of carbonyl (C=O) groups is 2. The topological polar surface area (TPSA) is 69.6 Å². The molecule has 2 aromatic rings. The maximum Gasteiger partial charge on any atom is 0.270 e. The van der Waals surface area contributed by atoms with Gasteiger partial charge in [-0.25, -0.2) is 0 Å². The van der Waals surface area contributed by atoms with E-state index in [4.69, 9.17) is 12.2 Å². The highest BCUT2D eigenvalue weighted by Gasteiger charge is 2.34. The summed E-state index contributed by atoms with van der Waals surface area (Å²) in [6, 6.07) is 10.8. The minimum atomic E-state index is -0.535. The molecule has 0 bridgehead atoms. The molecule has 1 fully saturated rings. The van der Waals surface area contributed by atoms with Gasteiger partial charge in [0.05, 0.1) is 5.69 Å². The van der Waals surface area contributed by atoms with Crippen molar-refractivity contribution in [1.82, 2.24) is 5.32 Å². The molecule has 0 unspecified atom stereocenters. The highest BCUT2D eigenvalue weighted by Crippen LogP contribution is 2.26. The molecule has 1 saturated heterocycles. The maximum atomic E-state index is 12.9. The first-order valence-electron chi connectivity index (χ1n) is 8.06. The second kappa shape index (κ2) is 6.72. The number of rotatable bonds is 2. The summed E-state index contributed by atoms with van der Waals surface area (Å²) >= 11 is 5.19. The second-order valence-corrected chi connectivity index (χ2v) is 6.68. The van der Waals surface area contributed by atoms with Gasteiger partial charge in [0.2, 0.25) is 0 Å². The van der Waals surface area contributed by atoms with Crippen LogP contribution in [0.2, 0.25) is 0 Å². The van der Waals surface area contributed by atoms with Gasteiger partial charge < -0.3 is 5.11 Å². The molecule has 1 aliphatic heterocycles. The summed E-state index contributed by atoms with van der Waals surface area (Å²) in [7, 11) is 0. The van der Waals surface area contributed by atoms with Crippen molar-refractivity contribution in [3.05, 3.63) is 64.2 Å². The Morgan fingerprint density at radius 1 is 1.04 bits per heavy atom. The number of carbonyl (C=O) groups excluding carboxylic acids is 2. The van der Waals surface area contributed by atoms with E-state index in [9.17, 15) is 14.7 Å². The van der Waals surface area contributed by atoms with Crippen LogP contribution in [-0.4, -0.2) is 22.0 Å². The Kier molecular flexibility index (Phi) is 4.61. The van der Waals surface area contributed by atoms with Gasteiger partial charge in [-0.2, -0.15) is 0 Å². The molecule has 0 spiro atoms. The van der Waals surface area contributed by atoms with Crippen molar-refractivity contribution in [2.45, 2.75) is 20.8 Å². The van der Waals surface area contributed by atoms with Gasteiger partial charge in [0.25, 0.3) is 11.8 Å². The molecule has 1 heterocycles. The van der Waals surface area contributed by atoms with Crippen LogP contribution in [0, 0.1) is 20.8 Å². The SMILES string of the molecule is Cc1ccc(N2C(=O)C(=Cc3cc(C)c(O)c(C)c3)C(=O)NC2=S)cc1. The lowest BCUT2D eigenvalue weighted by atomic mass is 10.0. The van der Waals surface area contributed by atoms with Crippen LogP contribution in [0.15, 0.2) is 42.0 Å². The van der Waals surface area contributed by atoms with Gasteiger partial charge in [-0.3, -0.25) is 19.8 Å². The lowest BCUT2D eigenvalue weighted by Crippen LogP contribution is -2.54. The normalized spacial score (nSPS) is 16.2. The van der Waals surface area contributed by atoms with Crippen molar-refractivity contribution in [1.29, 1.82) is 0 Å². The predicted molar refractivity (Wildman–Crippen MR) is 105 cm³/mol. The molecule has 2 aromatic carbocycles. The fourth-order valence-electron chi connectivity index (χ4n) is 2.83. The van der Waals surface area contributed by atoms with E-state index in [0.717, 1.165) is 5.56 Å². The van der Waals surface area contributed by atoms with Crippen LogP contribution in [0.1, 0.15) is 22.3 Å². The fraction of sp³-hybridized carbons (Fsp3) is 0.150. The molecule has 5 nitrogen and oxygen atoms in total. The summed E-state index contributed by atoms with van der Waals surface area (Å²) in [5, 5.41) is 12.5. The van der Waals surface area contributed by atoms with E-state index < -0.39 is 11.8 Å². The average molecular weight is 366 g/mol. The van der Waals surface area contributed by atoms with E-state index >= 15 is 0 Å². The van der Waals surface area contributed by atoms with E-state index in [1.54, 1.807) is 38.1 Å². The molecule has 132 valence electrons. The minimum Gasteiger partial charge on any atom is -0.507 e. The van der Waals surface area contributed by atoms with Crippen molar-refractivity contribution in [3.63, 3.8) is 0 Å². The summed E-state index contributed by atoms with van der Waals surface area (Å²) in [6.45, 7) is 5.48. The number of aromatic hydroxyl groups is 1. The van der Waals surface area contributed by atoms with Crippen LogP contribution in [-0.2, 0) is 9.59 Å². The van der Waals surface area contributed by atoms with Gasteiger partial charge in [-0.1, -0.05) is 17.7 Å². The minimum absolute atomic E-state index is 0.0105. The maximum absolute atomic E-state index is 12.9. The Balaban J connectivity index is 2.04. The number of phenols is 1. The third-order valence-corrected chi connectivity index (χ3v) is 4.50. The second-order valence-electron chi connectivity index (χ2n) is 6.30. The summed E-state index contributed by atoms with van der Waals surface area (Å²) < 4.78 is 0. The van der Waals surface area contributed by atoms with Gasteiger partial charge >= 0.3 is 0 Å². The zero-order valence-electron chi connectivity index (χ0n) is 14.7. The largest absolute Gasteiger partial charge is 0.507 e. The number of anilines is 1. The van der Waals surface area contributed by atoms with Crippen molar-refractivity contribution in [2.24, 2.45) is 0 Å².